The van der Waals surface area contributed by atoms with Crippen LogP contribution in [-0.4, -0.2) is 15.6 Å². The molecule has 3 heteroatoms. The fourth-order valence-corrected chi connectivity index (χ4v) is 1.62. The first-order chi connectivity index (χ1) is 7.22. The largest absolute Gasteiger partial charge is 0.295 e. The summed E-state index contributed by atoms with van der Waals surface area (Å²) in [5.74, 6) is 0.571. The molecule has 1 aliphatic rings. The summed E-state index contributed by atoms with van der Waals surface area (Å²) in [7, 11) is 0. The fourth-order valence-electron chi connectivity index (χ4n) is 1.62. The summed E-state index contributed by atoms with van der Waals surface area (Å²) >= 11 is 0. The zero-order valence-electron chi connectivity index (χ0n) is 9.23. The molecule has 0 spiro atoms. The Morgan fingerprint density at radius 1 is 1.67 bits per heavy atom. The SMILES string of the molecule is CCn1ncc(/C=C/C(=O)C2CC2)c1C. The van der Waals surface area contributed by atoms with Crippen molar-refractivity contribution in [2.45, 2.75) is 33.2 Å². The number of rotatable bonds is 4. The number of aromatic nitrogens is 2. The van der Waals surface area contributed by atoms with Crippen molar-refractivity contribution in [3.8, 4) is 0 Å². The van der Waals surface area contributed by atoms with Gasteiger partial charge in [0.2, 0.25) is 0 Å². The summed E-state index contributed by atoms with van der Waals surface area (Å²) in [5, 5.41) is 4.23. The maximum Gasteiger partial charge on any atom is 0.158 e. The average molecular weight is 204 g/mol. The van der Waals surface area contributed by atoms with Gasteiger partial charge >= 0.3 is 0 Å². The minimum atomic E-state index is 0.263. The Morgan fingerprint density at radius 3 is 2.93 bits per heavy atom. The summed E-state index contributed by atoms with van der Waals surface area (Å²) in [4.78, 5) is 11.5. The molecule has 1 saturated carbocycles. The molecule has 1 heterocycles. The molecule has 80 valence electrons. The Kier molecular flexibility index (Phi) is 2.71. The van der Waals surface area contributed by atoms with E-state index in [-0.39, 0.29) is 5.78 Å². The molecule has 3 nitrogen and oxygen atoms in total. The summed E-state index contributed by atoms with van der Waals surface area (Å²) < 4.78 is 1.93. The van der Waals surface area contributed by atoms with Crippen LogP contribution in [0.15, 0.2) is 12.3 Å². The van der Waals surface area contributed by atoms with Gasteiger partial charge in [-0.2, -0.15) is 5.10 Å². The van der Waals surface area contributed by atoms with Gasteiger partial charge in [-0.25, -0.2) is 0 Å². The lowest BCUT2D eigenvalue weighted by Crippen LogP contribution is -1.98. The van der Waals surface area contributed by atoms with Crippen LogP contribution in [0.2, 0.25) is 0 Å². The van der Waals surface area contributed by atoms with Crippen molar-refractivity contribution in [3.05, 3.63) is 23.5 Å². The van der Waals surface area contributed by atoms with Gasteiger partial charge in [0.1, 0.15) is 0 Å². The number of nitrogens with zero attached hydrogens (tertiary/aromatic N) is 2. The highest BCUT2D eigenvalue weighted by Crippen LogP contribution is 2.30. The number of carbonyl (C=O) groups excluding carboxylic acids is 1. The quantitative estimate of drug-likeness (QED) is 0.705. The zero-order valence-corrected chi connectivity index (χ0v) is 9.23. The summed E-state index contributed by atoms with van der Waals surface area (Å²) in [6.07, 6.45) is 7.53. The predicted molar refractivity (Wildman–Crippen MR) is 59.4 cm³/mol. The molecule has 1 aromatic rings. The third-order valence-electron chi connectivity index (χ3n) is 2.85. The van der Waals surface area contributed by atoms with E-state index < -0.39 is 0 Å². The Bertz CT molecular complexity index is 400. The van der Waals surface area contributed by atoms with Crippen molar-refractivity contribution < 1.29 is 4.79 Å². The fraction of sp³-hybridized carbons (Fsp3) is 0.500. The molecular weight excluding hydrogens is 188 g/mol. The second-order valence-electron chi connectivity index (χ2n) is 4.01. The number of ketones is 1. The van der Waals surface area contributed by atoms with Crippen LogP contribution in [0.25, 0.3) is 6.08 Å². The number of hydrogen-bond donors (Lipinski definition) is 0. The molecule has 1 fully saturated rings. The molecule has 15 heavy (non-hydrogen) atoms. The van der Waals surface area contributed by atoms with Gasteiger partial charge in [0.05, 0.1) is 6.20 Å². The van der Waals surface area contributed by atoms with E-state index in [0.717, 1.165) is 30.6 Å². The molecule has 0 aliphatic heterocycles. The second-order valence-corrected chi connectivity index (χ2v) is 4.01. The molecule has 0 bridgehead atoms. The van der Waals surface area contributed by atoms with Gasteiger partial charge in [0, 0.05) is 23.7 Å². The van der Waals surface area contributed by atoms with Gasteiger partial charge in [0.25, 0.3) is 0 Å². The summed E-state index contributed by atoms with van der Waals surface area (Å²) in [6.45, 7) is 4.96. The van der Waals surface area contributed by atoms with E-state index in [0.29, 0.717) is 5.92 Å². The molecule has 1 aromatic heterocycles. The van der Waals surface area contributed by atoms with Gasteiger partial charge in [-0.1, -0.05) is 0 Å². The Morgan fingerprint density at radius 2 is 2.40 bits per heavy atom. The zero-order chi connectivity index (χ0) is 10.8. The molecule has 0 unspecified atom stereocenters. The van der Waals surface area contributed by atoms with Crippen LogP contribution in [0.4, 0.5) is 0 Å². The van der Waals surface area contributed by atoms with Crippen molar-refractivity contribution in [2.75, 3.05) is 0 Å². The van der Waals surface area contributed by atoms with Gasteiger partial charge in [-0.3, -0.25) is 9.48 Å². The lowest BCUT2D eigenvalue weighted by atomic mass is 10.2. The molecule has 0 atom stereocenters. The monoisotopic (exact) mass is 204 g/mol. The van der Waals surface area contributed by atoms with E-state index in [1.807, 2.05) is 23.9 Å². The van der Waals surface area contributed by atoms with Gasteiger partial charge in [0.15, 0.2) is 5.78 Å². The highest BCUT2D eigenvalue weighted by atomic mass is 16.1. The third kappa shape index (κ3) is 2.17. The minimum absolute atomic E-state index is 0.263. The Labute approximate surface area is 89.8 Å². The first kappa shape index (κ1) is 10.1. The minimum Gasteiger partial charge on any atom is -0.295 e. The van der Waals surface area contributed by atoms with E-state index in [1.165, 1.54) is 0 Å². The molecule has 2 rings (SSSR count). The lowest BCUT2D eigenvalue weighted by molar-refractivity contribution is -0.115. The smallest absolute Gasteiger partial charge is 0.158 e. The van der Waals surface area contributed by atoms with E-state index >= 15 is 0 Å². The van der Waals surface area contributed by atoms with Crippen LogP contribution < -0.4 is 0 Å². The highest BCUT2D eigenvalue weighted by molar-refractivity contribution is 5.96. The molecule has 0 amide bonds. The Balaban J connectivity index is 2.09. The number of carbonyl (C=O) groups is 1. The molecule has 1 aliphatic carbocycles. The first-order valence-electron chi connectivity index (χ1n) is 5.46. The molecule has 0 N–H and O–H groups in total. The van der Waals surface area contributed by atoms with Crippen LogP contribution in [0.3, 0.4) is 0 Å². The van der Waals surface area contributed by atoms with E-state index in [9.17, 15) is 4.79 Å². The van der Waals surface area contributed by atoms with E-state index in [1.54, 1.807) is 6.08 Å². The average Bonchev–Trinajstić information content (AvgIpc) is 3.01. The highest BCUT2D eigenvalue weighted by Gasteiger charge is 2.27. The van der Waals surface area contributed by atoms with E-state index in [2.05, 4.69) is 12.0 Å². The van der Waals surface area contributed by atoms with Crippen LogP contribution >= 0.6 is 0 Å². The van der Waals surface area contributed by atoms with E-state index in [4.69, 9.17) is 0 Å². The summed E-state index contributed by atoms with van der Waals surface area (Å²) in [6, 6.07) is 0. The topological polar surface area (TPSA) is 34.9 Å². The van der Waals surface area contributed by atoms with Crippen molar-refractivity contribution in [3.63, 3.8) is 0 Å². The van der Waals surface area contributed by atoms with Crippen LogP contribution in [0.5, 0.6) is 0 Å². The van der Waals surface area contributed by atoms with Crippen molar-refractivity contribution >= 4 is 11.9 Å². The van der Waals surface area contributed by atoms with Crippen LogP contribution in [-0.2, 0) is 11.3 Å². The number of aryl methyl sites for hydroxylation is 1. The second kappa shape index (κ2) is 4.01. The summed E-state index contributed by atoms with van der Waals surface area (Å²) in [5.41, 5.74) is 2.17. The van der Waals surface area contributed by atoms with Gasteiger partial charge in [-0.15, -0.1) is 0 Å². The first-order valence-corrected chi connectivity index (χ1v) is 5.46. The normalized spacial score (nSPS) is 16.1. The van der Waals surface area contributed by atoms with Crippen LogP contribution in [0, 0.1) is 12.8 Å². The number of hydrogen-bond acceptors (Lipinski definition) is 2. The molecular formula is C12H16N2O. The molecule has 0 saturated heterocycles. The molecule has 0 radical (unpaired) electrons. The van der Waals surface area contributed by atoms with Crippen LogP contribution in [0.1, 0.15) is 31.0 Å². The Hall–Kier alpha value is -1.38. The standard InChI is InChI=1S/C12H16N2O/c1-3-14-9(2)11(8-13-14)6-7-12(15)10-4-5-10/h6-8,10H,3-5H2,1-2H3/b7-6+. The predicted octanol–water partition coefficient (Wildman–Crippen LogP) is 2.20. The maximum absolute atomic E-state index is 11.5. The number of allylic oxidation sites excluding steroid dienone is 1. The lowest BCUT2D eigenvalue weighted by Gasteiger charge is -1.98. The van der Waals surface area contributed by atoms with Gasteiger partial charge < -0.3 is 0 Å². The maximum atomic E-state index is 11.5. The van der Waals surface area contributed by atoms with Crippen molar-refractivity contribution in [2.24, 2.45) is 5.92 Å². The van der Waals surface area contributed by atoms with Crippen molar-refractivity contribution in [1.29, 1.82) is 0 Å². The van der Waals surface area contributed by atoms with Gasteiger partial charge in [-0.05, 0) is 38.8 Å². The third-order valence-corrected chi connectivity index (χ3v) is 2.85. The molecule has 0 aromatic carbocycles. The van der Waals surface area contributed by atoms with Crippen molar-refractivity contribution in [1.82, 2.24) is 9.78 Å².